The first-order valence-corrected chi connectivity index (χ1v) is 7.06. The number of sulfonamides is 1. The summed E-state index contributed by atoms with van der Waals surface area (Å²) in [7, 11) is -0.750. The molecule has 2 rings (SSSR count). The van der Waals surface area contributed by atoms with Gasteiger partial charge in [0.1, 0.15) is 5.75 Å². The maximum atomic E-state index is 12.1. The van der Waals surface area contributed by atoms with Gasteiger partial charge in [0.25, 0.3) is 10.0 Å². The lowest BCUT2D eigenvalue weighted by Gasteiger charge is -2.07. The first-order valence-electron chi connectivity index (χ1n) is 5.58. The third-order valence-corrected chi connectivity index (χ3v) is 3.80. The largest absolute Gasteiger partial charge is 0.497 e. The van der Waals surface area contributed by atoms with Crippen LogP contribution in [-0.4, -0.2) is 32.6 Å². The van der Waals surface area contributed by atoms with E-state index in [4.69, 9.17) is 9.47 Å². The predicted octanol–water partition coefficient (Wildman–Crippen LogP) is 1.29. The van der Waals surface area contributed by atoms with Gasteiger partial charge in [-0.3, -0.25) is 0 Å². The molecule has 1 N–H and O–H groups in total. The molecule has 1 heterocycles. The van der Waals surface area contributed by atoms with Gasteiger partial charge in [-0.25, -0.2) is 23.1 Å². The van der Waals surface area contributed by atoms with Gasteiger partial charge >= 0.3 is 0 Å². The van der Waals surface area contributed by atoms with Crippen LogP contribution in [0.5, 0.6) is 11.5 Å². The first kappa shape index (κ1) is 14.1. The van der Waals surface area contributed by atoms with Crippen molar-refractivity contribution in [3.63, 3.8) is 0 Å². The van der Waals surface area contributed by atoms with E-state index in [-0.39, 0.29) is 10.8 Å². The second-order valence-corrected chi connectivity index (χ2v) is 5.41. The molecule has 0 aliphatic rings. The summed E-state index contributed by atoms with van der Waals surface area (Å²) < 4.78 is 36.3. The smallest absolute Gasteiger partial charge is 0.264 e. The van der Waals surface area contributed by atoms with Crippen LogP contribution in [0.2, 0.25) is 0 Å². The summed E-state index contributed by atoms with van der Waals surface area (Å²) in [4.78, 5) is 7.78. The minimum Gasteiger partial charge on any atom is -0.497 e. The van der Waals surface area contributed by atoms with Crippen molar-refractivity contribution in [3.05, 3.63) is 36.7 Å². The molecule has 1 aromatic heterocycles. The van der Waals surface area contributed by atoms with E-state index in [1.165, 1.54) is 38.7 Å². The van der Waals surface area contributed by atoms with E-state index in [0.717, 1.165) is 0 Å². The molecule has 0 unspecified atom stereocenters. The zero-order chi connectivity index (χ0) is 14.6. The van der Waals surface area contributed by atoms with E-state index < -0.39 is 10.0 Å². The number of nitrogens with one attached hydrogen (secondary N) is 1. The summed E-state index contributed by atoms with van der Waals surface area (Å²) in [5, 5.41) is 0. The van der Waals surface area contributed by atoms with Crippen LogP contribution in [0.1, 0.15) is 0 Å². The van der Waals surface area contributed by atoms with Crippen LogP contribution >= 0.6 is 0 Å². The molecule has 0 atom stereocenters. The number of aromatic nitrogens is 2. The van der Waals surface area contributed by atoms with E-state index in [1.807, 2.05) is 0 Å². The lowest BCUT2D eigenvalue weighted by molar-refractivity contribution is 0.411. The SMILES string of the molecule is COc1ccc(S(=O)(=O)Nc2ncc(OC)cn2)cc1. The van der Waals surface area contributed by atoms with Gasteiger partial charge in [0, 0.05) is 0 Å². The molecule has 0 saturated carbocycles. The van der Waals surface area contributed by atoms with Crippen molar-refractivity contribution in [1.82, 2.24) is 9.97 Å². The topological polar surface area (TPSA) is 90.4 Å². The predicted molar refractivity (Wildman–Crippen MR) is 72.4 cm³/mol. The summed E-state index contributed by atoms with van der Waals surface area (Å²) in [6.45, 7) is 0. The van der Waals surface area contributed by atoms with Gasteiger partial charge in [0.2, 0.25) is 5.95 Å². The number of hydrogen-bond acceptors (Lipinski definition) is 6. The summed E-state index contributed by atoms with van der Waals surface area (Å²) in [6.07, 6.45) is 2.75. The van der Waals surface area contributed by atoms with E-state index in [1.54, 1.807) is 12.1 Å². The molecule has 0 radical (unpaired) electrons. The maximum Gasteiger partial charge on any atom is 0.264 e. The van der Waals surface area contributed by atoms with E-state index >= 15 is 0 Å². The Morgan fingerprint density at radius 1 is 0.950 bits per heavy atom. The minimum atomic E-state index is -3.73. The Labute approximate surface area is 116 Å². The summed E-state index contributed by atoms with van der Waals surface area (Å²) in [6, 6.07) is 5.99. The molecule has 0 amide bonds. The molecular weight excluding hydrogens is 282 g/mol. The van der Waals surface area contributed by atoms with Crippen molar-refractivity contribution in [2.45, 2.75) is 4.90 Å². The lowest BCUT2D eigenvalue weighted by Crippen LogP contribution is -2.14. The monoisotopic (exact) mass is 295 g/mol. The van der Waals surface area contributed by atoms with Gasteiger partial charge in [-0.15, -0.1) is 0 Å². The third-order valence-electron chi connectivity index (χ3n) is 2.46. The highest BCUT2D eigenvalue weighted by atomic mass is 32.2. The van der Waals surface area contributed by atoms with Crippen LogP contribution in [0.4, 0.5) is 5.95 Å². The van der Waals surface area contributed by atoms with E-state index in [2.05, 4.69) is 14.7 Å². The summed E-state index contributed by atoms with van der Waals surface area (Å²) in [5.74, 6) is 0.990. The van der Waals surface area contributed by atoms with Gasteiger partial charge in [-0.2, -0.15) is 0 Å². The first-order chi connectivity index (χ1) is 9.55. The molecule has 7 nitrogen and oxygen atoms in total. The molecule has 1 aromatic carbocycles. The number of nitrogens with zero attached hydrogens (tertiary/aromatic N) is 2. The van der Waals surface area contributed by atoms with Crippen molar-refractivity contribution in [3.8, 4) is 11.5 Å². The second-order valence-electron chi connectivity index (χ2n) is 3.73. The third kappa shape index (κ3) is 3.15. The van der Waals surface area contributed by atoms with Gasteiger partial charge in [0.15, 0.2) is 5.75 Å². The fraction of sp³-hybridized carbons (Fsp3) is 0.167. The van der Waals surface area contributed by atoms with Gasteiger partial charge in [-0.05, 0) is 24.3 Å². The molecule has 0 spiro atoms. The van der Waals surface area contributed by atoms with Crippen LogP contribution in [-0.2, 0) is 10.0 Å². The quantitative estimate of drug-likeness (QED) is 0.894. The van der Waals surface area contributed by atoms with Crippen LogP contribution < -0.4 is 14.2 Å². The zero-order valence-electron chi connectivity index (χ0n) is 10.9. The number of rotatable bonds is 5. The molecule has 2 aromatic rings. The number of anilines is 1. The fourth-order valence-electron chi connectivity index (χ4n) is 1.41. The van der Waals surface area contributed by atoms with Crippen LogP contribution in [0.15, 0.2) is 41.6 Å². The minimum absolute atomic E-state index is 0.0263. The highest BCUT2D eigenvalue weighted by molar-refractivity contribution is 7.92. The maximum absolute atomic E-state index is 12.1. The molecule has 0 bridgehead atoms. The van der Waals surface area contributed by atoms with Crippen molar-refractivity contribution in [2.75, 3.05) is 18.9 Å². The normalized spacial score (nSPS) is 10.9. The Balaban J connectivity index is 2.20. The Kier molecular flexibility index (Phi) is 4.04. The van der Waals surface area contributed by atoms with E-state index in [0.29, 0.717) is 11.5 Å². The summed E-state index contributed by atoms with van der Waals surface area (Å²) in [5.41, 5.74) is 0. The van der Waals surface area contributed by atoms with Crippen molar-refractivity contribution in [1.29, 1.82) is 0 Å². The lowest BCUT2D eigenvalue weighted by atomic mass is 10.3. The average molecular weight is 295 g/mol. The van der Waals surface area contributed by atoms with E-state index in [9.17, 15) is 8.42 Å². The van der Waals surface area contributed by atoms with Gasteiger partial charge in [-0.1, -0.05) is 0 Å². The average Bonchev–Trinajstić information content (AvgIpc) is 2.48. The summed E-state index contributed by atoms with van der Waals surface area (Å²) >= 11 is 0. The van der Waals surface area contributed by atoms with Crippen molar-refractivity contribution < 1.29 is 17.9 Å². The molecule has 8 heteroatoms. The Morgan fingerprint density at radius 2 is 1.50 bits per heavy atom. The van der Waals surface area contributed by atoms with Gasteiger partial charge in [0.05, 0.1) is 31.5 Å². The highest BCUT2D eigenvalue weighted by Crippen LogP contribution is 2.17. The molecule has 0 aliphatic carbocycles. The standard InChI is InChI=1S/C12H13N3O4S/c1-18-9-3-5-11(6-4-9)20(16,17)15-12-13-7-10(19-2)8-14-12/h3-8H,1-2H3,(H,13,14,15). The van der Waals surface area contributed by atoms with Crippen LogP contribution in [0.3, 0.4) is 0 Å². The number of benzene rings is 1. The van der Waals surface area contributed by atoms with Crippen LogP contribution in [0, 0.1) is 0 Å². The van der Waals surface area contributed by atoms with Crippen molar-refractivity contribution in [2.24, 2.45) is 0 Å². The van der Waals surface area contributed by atoms with Crippen molar-refractivity contribution >= 4 is 16.0 Å². The van der Waals surface area contributed by atoms with Crippen LogP contribution in [0.25, 0.3) is 0 Å². The second kappa shape index (κ2) is 5.74. The Morgan fingerprint density at radius 3 is 2.00 bits per heavy atom. The Hall–Kier alpha value is -2.35. The number of methoxy groups -OCH3 is 2. The molecule has 0 aliphatic heterocycles. The highest BCUT2D eigenvalue weighted by Gasteiger charge is 2.15. The zero-order valence-corrected chi connectivity index (χ0v) is 11.7. The van der Waals surface area contributed by atoms with Gasteiger partial charge < -0.3 is 9.47 Å². The number of hydrogen-bond donors (Lipinski definition) is 1. The molecule has 0 saturated heterocycles. The molecule has 20 heavy (non-hydrogen) atoms. The fourth-order valence-corrected chi connectivity index (χ4v) is 2.37. The molecule has 106 valence electrons. The number of ether oxygens (including phenoxy) is 2. The Bertz CT molecular complexity index is 669. The molecular formula is C12H13N3O4S. The molecule has 0 fully saturated rings.